The zero-order chi connectivity index (χ0) is 14.4. The number of benzene rings is 2. The maximum absolute atomic E-state index is 9.85. The Morgan fingerprint density at radius 3 is 2.55 bits per heavy atom. The first-order chi connectivity index (χ1) is 9.70. The summed E-state index contributed by atoms with van der Waals surface area (Å²) in [5.74, 6) is 0.185. The van der Waals surface area contributed by atoms with Gasteiger partial charge in [-0.25, -0.2) is 0 Å². The number of phenolic OH excluding ortho intramolecular Hbond substituents is 1. The van der Waals surface area contributed by atoms with Crippen LogP contribution in [0.15, 0.2) is 48.5 Å². The molecule has 0 radical (unpaired) electrons. The molecule has 0 aliphatic rings. The summed E-state index contributed by atoms with van der Waals surface area (Å²) in [6.45, 7) is 1.91. The van der Waals surface area contributed by atoms with Gasteiger partial charge in [0.2, 0.25) is 0 Å². The lowest BCUT2D eigenvalue weighted by Gasteiger charge is -2.16. The summed E-state index contributed by atoms with van der Waals surface area (Å²) in [7, 11) is 0. The van der Waals surface area contributed by atoms with Crippen molar-refractivity contribution in [3.8, 4) is 11.8 Å². The van der Waals surface area contributed by atoms with Gasteiger partial charge in [-0.3, -0.25) is 0 Å². The highest BCUT2D eigenvalue weighted by atomic mass is 16.3. The third-order valence-electron chi connectivity index (χ3n) is 3.29. The first-order valence-corrected chi connectivity index (χ1v) is 6.69. The fraction of sp³-hybridized carbons (Fsp3) is 0.235. The van der Waals surface area contributed by atoms with Gasteiger partial charge in [0.05, 0.1) is 11.8 Å². The summed E-state index contributed by atoms with van der Waals surface area (Å²) < 4.78 is 0. The zero-order valence-electron chi connectivity index (χ0n) is 11.5. The maximum atomic E-state index is 9.85. The molecule has 20 heavy (non-hydrogen) atoms. The first kappa shape index (κ1) is 14.0. The second kappa shape index (κ2) is 6.63. The van der Waals surface area contributed by atoms with Gasteiger partial charge in [0, 0.05) is 0 Å². The minimum Gasteiger partial charge on any atom is -0.506 e. The van der Waals surface area contributed by atoms with Crippen LogP contribution >= 0.6 is 0 Å². The molecule has 102 valence electrons. The molecular weight excluding hydrogens is 248 g/mol. The lowest BCUT2D eigenvalue weighted by Crippen LogP contribution is -2.18. The molecular formula is C17H18N2O. The minimum atomic E-state index is -0.317. The van der Waals surface area contributed by atoms with Gasteiger partial charge in [0.15, 0.2) is 0 Å². The number of nitriles is 1. The van der Waals surface area contributed by atoms with Gasteiger partial charge in [0.1, 0.15) is 11.8 Å². The van der Waals surface area contributed by atoms with Gasteiger partial charge >= 0.3 is 0 Å². The molecule has 2 aromatic carbocycles. The molecule has 2 aromatic rings. The molecule has 0 heterocycles. The number of nitrogens with one attached hydrogen (secondary N) is 1. The molecule has 0 aromatic heterocycles. The molecule has 0 aliphatic carbocycles. The van der Waals surface area contributed by atoms with E-state index in [9.17, 15) is 10.4 Å². The number of phenols is 1. The number of aromatic hydroxyl groups is 1. The molecule has 0 fully saturated rings. The van der Waals surface area contributed by atoms with E-state index in [0.29, 0.717) is 12.1 Å². The average Bonchev–Trinajstić information content (AvgIpc) is 2.47. The molecule has 3 nitrogen and oxygen atoms in total. The lowest BCUT2D eigenvalue weighted by molar-refractivity contribution is 0.476. The van der Waals surface area contributed by atoms with Gasteiger partial charge in [0.25, 0.3) is 0 Å². The third kappa shape index (κ3) is 3.52. The molecule has 0 saturated heterocycles. The van der Waals surface area contributed by atoms with Crippen LogP contribution in [0.4, 0.5) is 5.69 Å². The average molecular weight is 266 g/mol. The van der Waals surface area contributed by atoms with E-state index in [4.69, 9.17) is 0 Å². The molecule has 0 aliphatic heterocycles. The van der Waals surface area contributed by atoms with E-state index in [1.54, 1.807) is 12.1 Å². The van der Waals surface area contributed by atoms with E-state index in [1.165, 1.54) is 5.56 Å². The highest BCUT2D eigenvalue weighted by Gasteiger charge is 2.11. The van der Waals surface area contributed by atoms with Crippen molar-refractivity contribution in [1.82, 2.24) is 0 Å². The van der Waals surface area contributed by atoms with Crippen LogP contribution in [0.1, 0.15) is 17.5 Å². The zero-order valence-corrected chi connectivity index (χ0v) is 11.5. The Hall–Kier alpha value is -2.47. The van der Waals surface area contributed by atoms with Crippen molar-refractivity contribution in [2.75, 3.05) is 5.32 Å². The van der Waals surface area contributed by atoms with Crippen LogP contribution in [0.5, 0.6) is 5.75 Å². The highest BCUT2D eigenvalue weighted by Crippen LogP contribution is 2.27. The summed E-state index contributed by atoms with van der Waals surface area (Å²) in [5.41, 5.74) is 2.79. The van der Waals surface area contributed by atoms with E-state index in [-0.39, 0.29) is 11.8 Å². The molecule has 0 amide bonds. The maximum Gasteiger partial charge on any atom is 0.138 e. The van der Waals surface area contributed by atoms with Crippen LogP contribution in [0, 0.1) is 18.3 Å². The van der Waals surface area contributed by atoms with Crippen molar-refractivity contribution < 1.29 is 5.11 Å². The fourth-order valence-corrected chi connectivity index (χ4v) is 2.14. The van der Waals surface area contributed by atoms with E-state index >= 15 is 0 Å². The number of hydrogen-bond acceptors (Lipinski definition) is 3. The van der Waals surface area contributed by atoms with Crippen LogP contribution in [0.25, 0.3) is 0 Å². The van der Waals surface area contributed by atoms with E-state index in [1.807, 2.05) is 31.2 Å². The summed E-state index contributed by atoms with van der Waals surface area (Å²) in [5, 5.41) is 22.2. The van der Waals surface area contributed by atoms with Gasteiger partial charge in [-0.1, -0.05) is 42.5 Å². The Morgan fingerprint density at radius 1 is 1.15 bits per heavy atom. The van der Waals surface area contributed by atoms with Gasteiger partial charge in [-0.2, -0.15) is 5.26 Å². The Labute approximate surface area is 119 Å². The molecule has 2 N–H and O–H groups in total. The highest BCUT2D eigenvalue weighted by molar-refractivity contribution is 5.61. The second-order valence-corrected chi connectivity index (χ2v) is 4.82. The normalized spacial score (nSPS) is 11.6. The molecule has 0 bridgehead atoms. The van der Waals surface area contributed by atoms with E-state index in [0.717, 1.165) is 12.0 Å². The quantitative estimate of drug-likeness (QED) is 0.812. The van der Waals surface area contributed by atoms with Crippen LogP contribution < -0.4 is 5.32 Å². The monoisotopic (exact) mass is 266 g/mol. The van der Waals surface area contributed by atoms with Crippen LogP contribution in [0.2, 0.25) is 0 Å². The van der Waals surface area contributed by atoms with E-state index in [2.05, 4.69) is 23.5 Å². The van der Waals surface area contributed by atoms with Crippen LogP contribution in [-0.4, -0.2) is 11.1 Å². The summed E-state index contributed by atoms with van der Waals surface area (Å²) in [6.07, 6.45) is 1.53. The van der Waals surface area contributed by atoms with Crippen molar-refractivity contribution in [2.24, 2.45) is 0 Å². The van der Waals surface area contributed by atoms with Crippen molar-refractivity contribution in [3.63, 3.8) is 0 Å². The summed E-state index contributed by atoms with van der Waals surface area (Å²) in [6, 6.07) is 17.4. The minimum absolute atomic E-state index is 0.185. The predicted octanol–water partition coefficient (Wildman–Crippen LogP) is 3.64. The summed E-state index contributed by atoms with van der Waals surface area (Å²) in [4.78, 5) is 0. The van der Waals surface area contributed by atoms with Crippen LogP contribution in [0.3, 0.4) is 0 Å². The Bertz CT molecular complexity index is 582. The molecule has 0 spiro atoms. The number of hydrogen-bond donors (Lipinski definition) is 2. The first-order valence-electron chi connectivity index (χ1n) is 6.69. The lowest BCUT2D eigenvalue weighted by atomic mass is 10.1. The smallest absolute Gasteiger partial charge is 0.138 e. The SMILES string of the molecule is Cc1cccc(O)c1N[C@@H](C#N)CCc1ccccc1. The predicted molar refractivity (Wildman–Crippen MR) is 80.6 cm³/mol. The van der Waals surface area contributed by atoms with E-state index < -0.39 is 0 Å². The van der Waals surface area contributed by atoms with Crippen molar-refractivity contribution in [2.45, 2.75) is 25.8 Å². The van der Waals surface area contributed by atoms with Crippen molar-refractivity contribution in [1.29, 1.82) is 5.26 Å². The third-order valence-corrected chi connectivity index (χ3v) is 3.29. The molecule has 3 heteroatoms. The molecule has 0 saturated carbocycles. The standard InChI is InChI=1S/C17H18N2O/c1-13-6-5-9-16(20)17(13)19-15(12-18)11-10-14-7-3-2-4-8-14/h2-9,15,19-20H,10-11H2,1H3/t15-/m1/s1. The van der Waals surface area contributed by atoms with Crippen molar-refractivity contribution in [3.05, 3.63) is 59.7 Å². The van der Waals surface area contributed by atoms with Gasteiger partial charge in [-0.05, 0) is 37.0 Å². The summed E-state index contributed by atoms with van der Waals surface area (Å²) >= 11 is 0. The number of para-hydroxylation sites is 1. The molecule has 2 rings (SSSR count). The van der Waals surface area contributed by atoms with Crippen molar-refractivity contribution >= 4 is 5.69 Å². The van der Waals surface area contributed by atoms with Crippen LogP contribution in [-0.2, 0) is 6.42 Å². The Kier molecular flexibility index (Phi) is 4.62. The fourth-order valence-electron chi connectivity index (χ4n) is 2.14. The number of rotatable bonds is 5. The second-order valence-electron chi connectivity index (χ2n) is 4.82. The number of nitrogens with zero attached hydrogens (tertiary/aromatic N) is 1. The van der Waals surface area contributed by atoms with Gasteiger partial charge in [-0.15, -0.1) is 0 Å². The molecule has 0 unspecified atom stereocenters. The Morgan fingerprint density at radius 2 is 1.90 bits per heavy atom. The topological polar surface area (TPSA) is 56.0 Å². The molecule has 1 atom stereocenters. The largest absolute Gasteiger partial charge is 0.506 e. The number of anilines is 1. The van der Waals surface area contributed by atoms with Gasteiger partial charge < -0.3 is 10.4 Å². The number of aryl methyl sites for hydroxylation is 2. The Balaban J connectivity index is 2.01.